The van der Waals surface area contributed by atoms with Crippen molar-refractivity contribution in [3.63, 3.8) is 0 Å². The van der Waals surface area contributed by atoms with E-state index >= 15 is 0 Å². The van der Waals surface area contributed by atoms with Crippen molar-refractivity contribution in [2.24, 2.45) is 5.92 Å². The molecule has 5 nitrogen and oxygen atoms in total. The lowest BCUT2D eigenvalue weighted by Crippen LogP contribution is -2.55. The third-order valence-corrected chi connectivity index (χ3v) is 5.18. The Hall–Kier alpha value is -1.53. The van der Waals surface area contributed by atoms with Crippen LogP contribution >= 0.6 is 12.2 Å². The number of allylic oxidation sites excluding steroid dienone is 3. The van der Waals surface area contributed by atoms with Crippen molar-refractivity contribution in [2.75, 3.05) is 20.2 Å². The number of ether oxygens (including phenoxy) is 1. The Bertz CT molecular complexity index is 535. The monoisotopic (exact) mass is 350 g/mol. The van der Waals surface area contributed by atoms with Crippen molar-refractivity contribution < 1.29 is 14.3 Å². The predicted molar refractivity (Wildman–Crippen MR) is 97.4 cm³/mol. The summed E-state index contributed by atoms with van der Waals surface area (Å²) >= 11 is 5.24. The van der Waals surface area contributed by atoms with Gasteiger partial charge in [0.15, 0.2) is 5.11 Å². The molecule has 1 saturated carbocycles. The van der Waals surface area contributed by atoms with E-state index in [1.165, 1.54) is 9.80 Å². The molecule has 6 heteroatoms. The molecule has 2 fully saturated rings. The molecule has 132 valence electrons. The van der Waals surface area contributed by atoms with Crippen LogP contribution < -0.4 is 0 Å². The lowest BCUT2D eigenvalue weighted by molar-refractivity contribution is -0.133. The van der Waals surface area contributed by atoms with E-state index in [4.69, 9.17) is 17.0 Å². The minimum atomic E-state index is -0.301. The second kappa shape index (κ2) is 8.53. The number of carbonyl (C=O) groups excluding carboxylic acids is 2. The number of hydrogen-bond donors (Lipinski definition) is 0. The first-order chi connectivity index (χ1) is 11.5. The average molecular weight is 350 g/mol. The molecule has 0 atom stereocenters. The molecule has 1 aliphatic carbocycles. The van der Waals surface area contributed by atoms with Crippen LogP contribution in [0.15, 0.2) is 23.8 Å². The smallest absolute Gasteiger partial charge is 0.265 e. The van der Waals surface area contributed by atoms with Gasteiger partial charge < -0.3 is 4.74 Å². The zero-order valence-electron chi connectivity index (χ0n) is 14.7. The van der Waals surface area contributed by atoms with Crippen LogP contribution in [0.3, 0.4) is 0 Å². The average Bonchev–Trinajstić information content (AvgIpc) is 2.59. The van der Waals surface area contributed by atoms with Gasteiger partial charge in [-0.25, -0.2) is 0 Å². The van der Waals surface area contributed by atoms with E-state index in [0.717, 1.165) is 25.7 Å². The van der Waals surface area contributed by atoms with Crippen LogP contribution in [-0.4, -0.2) is 53.0 Å². The third-order valence-electron chi connectivity index (χ3n) is 4.74. The first-order valence-electron chi connectivity index (χ1n) is 8.62. The van der Waals surface area contributed by atoms with Crippen molar-refractivity contribution >= 4 is 29.1 Å². The summed E-state index contributed by atoms with van der Waals surface area (Å²) in [7, 11) is 1.76. The fourth-order valence-corrected chi connectivity index (χ4v) is 3.65. The minimum absolute atomic E-state index is 0.189. The van der Waals surface area contributed by atoms with Crippen LogP contribution in [-0.2, 0) is 14.3 Å². The van der Waals surface area contributed by atoms with Crippen LogP contribution in [0, 0.1) is 5.92 Å². The predicted octanol–water partition coefficient (Wildman–Crippen LogP) is 2.67. The van der Waals surface area contributed by atoms with Gasteiger partial charge in [-0.15, -0.1) is 0 Å². The van der Waals surface area contributed by atoms with Crippen LogP contribution in [0.2, 0.25) is 0 Å². The van der Waals surface area contributed by atoms with E-state index in [1.54, 1.807) is 13.2 Å². The van der Waals surface area contributed by atoms with Gasteiger partial charge in [0.1, 0.15) is 5.57 Å². The van der Waals surface area contributed by atoms with E-state index in [0.29, 0.717) is 30.2 Å². The summed E-state index contributed by atoms with van der Waals surface area (Å²) in [5.74, 6) is -0.123. The second-order valence-corrected chi connectivity index (χ2v) is 6.48. The minimum Gasteiger partial charge on any atom is -0.381 e. The Morgan fingerprint density at radius 1 is 1.08 bits per heavy atom. The fourth-order valence-electron chi connectivity index (χ4n) is 3.23. The van der Waals surface area contributed by atoms with E-state index in [1.807, 2.05) is 19.9 Å². The van der Waals surface area contributed by atoms with Crippen molar-refractivity contribution in [3.05, 3.63) is 23.8 Å². The molecular weight excluding hydrogens is 324 g/mol. The van der Waals surface area contributed by atoms with Gasteiger partial charge in [0.2, 0.25) is 0 Å². The molecule has 0 aromatic heterocycles. The zero-order chi connectivity index (χ0) is 17.7. The van der Waals surface area contributed by atoms with Gasteiger partial charge in [0.05, 0.1) is 6.10 Å². The molecule has 0 spiro atoms. The standard InChI is InChI=1S/C18H26N2O3S/c1-4-19-16(21)15(17(22)20(5-2)18(19)24)8-6-7-13-9-11-14(23-3)12-10-13/h6-8,13-14H,4-5,9-12H2,1-3H3/b7-6+. The summed E-state index contributed by atoms with van der Waals surface area (Å²) in [6, 6.07) is 0. The zero-order valence-corrected chi connectivity index (χ0v) is 15.5. The number of methoxy groups -OCH3 is 1. The highest BCUT2D eigenvalue weighted by Gasteiger charge is 2.37. The maximum absolute atomic E-state index is 12.5. The molecule has 1 aliphatic heterocycles. The van der Waals surface area contributed by atoms with Gasteiger partial charge in [0, 0.05) is 20.2 Å². The number of hydrogen-bond acceptors (Lipinski definition) is 4. The van der Waals surface area contributed by atoms with Crippen molar-refractivity contribution in [1.29, 1.82) is 0 Å². The van der Waals surface area contributed by atoms with E-state index < -0.39 is 0 Å². The summed E-state index contributed by atoms with van der Waals surface area (Å²) in [4.78, 5) is 27.9. The van der Waals surface area contributed by atoms with Gasteiger partial charge in [-0.3, -0.25) is 19.4 Å². The van der Waals surface area contributed by atoms with Crippen molar-refractivity contribution in [3.8, 4) is 0 Å². The number of amides is 2. The largest absolute Gasteiger partial charge is 0.381 e. The first kappa shape index (κ1) is 18.8. The van der Waals surface area contributed by atoms with Gasteiger partial charge in [-0.05, 0) is 63.7 Å². The number of nitrogens with zero attached hydrogens (tertiary/aromatic N) is 2. The Labute approximate surface area is 149 Å². The maximum Gasteiger partial charge on any atom is 0.265 e. The molecular formula is C18H26N2O3S. The molecule has 0 aromatic carbocycles. The van der Waals surface area contributed by atoms with Crippen molar-refractivity contribution in [1.82, 2.24) is 9.80 Å². The van der Waals surface area contributed by atoms with Crippen LogP contribution in [0.4, 0.5) is 0 Å². The summed E-state index contributed by atoms with van der Waals surface area (Å²) in [6.07, 6.45) is 10.2. The molecule has 0 N–H and O–H groups in total. The molecule has 2 rings (SSSR count). The molecule has 1 saturated heterocycles. The Morgan fingerprint density at radius 2 is 1.62 bits per heavy atom. The summed E-state index contributed by atoms with van der Waals surface area (Å²) in [5.41, 5.74) is 0.189. The molecule has 0 bridgehead atoms. The van der Waals surface area contributed by atoms with Crippen LogP contribution in [0.1, 0.15) is 39.5 Å². The lowest BCUT2D eigenvalue weighted by atomic mass is 9.87. The van der Waals surface area contributed by atoms with E-state index in [2.05, 4.69) is 6.08 Å². The van der Waals surface area contributed by atoms with Gasteiger partial charge in [0.25, 0.3) is 11.8 Å². The highest BCUT2D eigenvalue weighted by Crippen LogP contribution is 2.27. The topological polar surface area (TPSA) is 49.9 Å². The van der Waals surface area contributed by atoms with Crippen LogP contribution in [0.5, 0.6) is 0 Å². The number of rotatable bonds is 5. The fraction of sp³-hybridized carbons (Fsp3) is 0.611. The van der Waals surface area contributed by atoms with Crippen molar-refractivity contribution in [2.45, 2.75) is 45.6 Å². The molecule has 1 heterocycles. The second-order valence-electron chi connectivity index (χ2n) is 6.12. The summed E-state index contributed by atoms with van der Waals surface area (Å²) < 4.78 is 5.38. The molecule has 0 radical (unpaired) electrons. The van der Waals surface area contributed by atoms with E-state index in [9.17, 15) is 9.59 Å². The SMILES string of the molecule is CCN1C(=O)C(=C/C=C/C2CCC(OC)CC2)C(=O)N(CC)C1=S. The number of likely N-dealkylation sites (N-methyl/N-ethyl adjacent to an activating group) is 2. The molecule has 2 aliphatic rings. The molecule has 24 heavy (non-hydrogen) atoms. The lowest BCUT2D eigenvalue weighted by Gasteiger charge is -2.35. The highest BCUT2D eigenvalue weighted by molar-refractivity contribution is 7.80. The number of thiocarbonyl (C=S) groups is 1. The molecule has 2 amide bonds. The molecule has 0 aromatic rings. The highest BCUT2D eigenvalue weighted by atomic mass is 32.1. The normalized spacial score (nSPS) is 25.8. The van der Waals surface area contributed by atoms with Gasteiger partial charge >= 0.3 is 0 Å². The first-order valence-corrected chi connectivity index (χ1v) is 9.03. The number of carbonyl (C=O) groups is 2. The Morgan fingerprint density at radius 3 is 2.08 bits per heavy atom. The van der Waals surface area contributed by atoms with Crippen LogP contribution in [0.25, 0.3) is 0 Å². The summed E-state index contributed by atoms with van der Waals surface area (Å²) in [5, 5.41) is 0.300. The quantitative estimate of drug-likeness (QED) is 0.435. The Balaban J connectivity index is 2.09. The third kappa shape index (κ3) is 3.92. The summed E-state index contributed by atoms with van der Waals surface area (Å²) in [6.45, 7) is 4.64. The van der Waals surface area contributed by atoms with Gasteiger partial charge in [-0.1, -0.05) is 12.2 Å². The maximum atomic E-state index is 12.5. The Kier molecular flexibility index (Phi) is 6.69. The van der Waals surface area contributed by atoms with Gasteiger partial charge in [-0.2, -0.15) is 0 Å². The molecule has 0 unspecified atom stereocenters. The van der Waals surface area contributed by atoms with E-state index in [-0.39, 0.29) is 17.4 Å².